The number of methoxy groups -OCH3 is 1. The van der Waals surface area contributed by atoms with Crippen molar-refractivity contribution in [1.29, 1.82) is 0 Å². The number of carbonyl (C=O) groups excluding carboxylic acids is 1. The largest absolute Gasteiger partial charge is 0.481 e. The van der Waals surface area contributed by atoms with Crippen LogP contribution >= 0.6 is 23.2 Å². The molecule has 46 heavy (non-hydrogen) atoms. The molecule has 0 saturated carbocycles. The fourth-order valence-corrected chi connectivity index (χ4v) is 7.07. The summed E-state index contributed by atoms with van der Waals surface area (Å²) in [6, 6.07) is 18.6. The van der Waals surface area contributed by atoms with Crippen molar-refractivity contribution < 1.29 is 14.6 Å². The molecule has 240 valence electrons. The fourth-order valence-electron chi connectivity index (χ4n) is 6.43. The van der Waals surface area contributed by atoms with E-state index in [9.17, 15) is 9.90 Å². The Morgan fingerprint density at radius 1 is 1.04 bits per heavy atom. The van der Waals surface area contributed by atoms with Crippen LogP contribution in [0.4, 0.5) is 0 Å². The van der Waals surface area contributed by atoms with Crippen molar-refractivity contribution in [2.24, 2.45) is 0 Å². The summed E-state index contributed by atoms with van der Waals surface area (Å²) in [5, 5.41) is 20.6. The highest BCUT2D eigenvalue weighted by atomic mass is 35.5. The van der Waals surface area contributed by atoms with E-state index in [4.69, 9.17) is 37.9 Å². The molecule has 3 heterocycles. The average Bonchev–Trinajstić information content (AvgIpc) is 3.48. The van der Waals surface area contributed by atoms with E-state index in [1.807, 2.05) is 36.4 Å². The summed E-state index contributed by atoms with van der Waals surface area (Å²) >= 11 is 14.2. The van der Waals surface area contributed by atoms with Crippen molar-refractivity contribution in [3.63, 3.8) is 0 Å². The lowest BCUT2D eigenvalue weighted by atomic mass is 9.86. The predicted molar refractivity (Wildman–Crippen MR) is 183 cm³/mol. The molecule has 0 unspecified atom stereocenters. The second kappa shape index (κ2) is 14.5. The molecule has 10 heteroatoms. The number of nitrogens with zero attached hydrogens (tertiary/aromatic N) is 2. The van der Waals surface area contributed by atoms with Crippen LogP contribution < -0.4 is 20.7 Å². The monoisotopic (exact) mass is 659 g/mol. The zero-order valence-electron chi connectivity index (χ0n) is 26.1. The van der Waals surface area contributed by atoms with Gasteiger partial charge < -0.3 is 25.8 Å². The van der Waals surface area contributed by atoms with Crippen molar-refractivity contribution in [3.8, 4) is 39.5 Å². The van der Waals surface area contributed by atoms with E-state index in [0.717, 1.165) is 60.0 Å². The van der Waals surface area contributed by atoms with Crippen LogP contribution in [0.5, 0.6) is 5.88 Å². The SMILES string of the molecule is COc1nc(-c2cccc(-c3ccnc(-c4ccc5c(c4)CCC[C@H]5NC[C@H]4CCC(=O)N4)c3Cl)c2Cl)ccc1CNC[C@H](C)O. The molecular formula is C36H39Cl2N5O3. The van der Waals surface area contributed by atoms with Crippen LogP contribution in [0, 0.1) is 0 Å². The zero-order valence-corrected chi connectivity index (χ0v) is 27.6. The van der Waals surface area contributed by atoms with E-state index < -0.39 is 6.10 Å². The Hall–Kier alpha value is -3.53. The number of hydrogen-bond acceptors (Lipinski definition) is 7. The molecule has 0 radical (unpaired) electrons. The maximum Gasteiger partial charge on any atom is 0.220 e. The number of hydrogen-bond donors (Lipinski definition) is 4. The molecule has 1 fully saturated rings. The Bertz CT molecular complexity index is 1730. The number of fused-ring (bicyclic) bond motifs is 1. The minimum atomic E-state index is -0.443. The van der Waals surface area contributed by atoms with Gasteiger partial charge in [-0.15, -0.1) is 0 Å². The van der Waals surface area contributed by atoms with Crippen LogP contribution in [-0.4, -0.2) is 53.3 Å². The maximum absolute atomic E-state index is 11.6. The minimum absolute atomic E-state index is 0.143. The molecule has 0 bridgehead atoms. The molecule has 1 amide bonds. The number of pyridine rings is 2. The number of aliphatic hydroxyl groups excluding tert-OH is 1. The highest BCUT2D eigenvalue weighted by Crippen LogP contribution is 2.42. The zero-order chi connectivity index (χ0) is 32.2. The van der Waals surface area contributed by atoms with Crippen molar-refractivity contribution >= 4 is 29.1 Å². The first-order chi connectivity index (χ1) is 22.3. The molecule has 4 N–H and O–H groups in total. The van der Waals surface area contributed by atoms with Gasteiger partial charge in [-0.1, -0.05) is 59.6 Å². The number of nitrogens with one attached hydrogen (secondary N) is 3. The van der Waals surface area contributed by atoms with Gasteiger partial charge in [0.05, 0.1) is 34.6 Å². The molecule has 3 atom stereocenters. The van der Waals surface area contributed by atoms with E-state index in [1.54, 1.807) is 20.2 Å². The lowest BCUT2D eigenvalue weighted by molar-refractivity contribution is -0.119. The Morgan fingerprint density at radius 2 is 1.87 bits per heavy atom. The average molecular weight is 661 g/mol. The first-order valence-corrected chi connectivity index (χ1v) is 16.6. The van der Waals surface area contributed by atoms with Crippen molar-refractivity contribution in [3.05, 3.63) is 87.5 Å². The summed E-state index contributed by atoms with van der Waals surface area (Å²) in [5.41, 5.74) is 8.18. The Labute approximate surface area is 279 Å². The number of rotatable bonds is 11. The molecule has 4 aromatic rings. The third kappa shape index (κ3) is 7.06. The fraction of sp³-hybridized carbons (Fsp3) is 0.361. The summed E-state index contributed by atoms with van der Waals surface area (Å²) in [5.74, 6) is 0.640. The van der Waals surface area contributed by atoms with Crippen LogP contribution in [0.15, 0.2) is 60.8 Å². The predicted octanol–water partition coefficient (Wildman–Crippen LogP) is 6.51. The normalized spacial score (nSPS) is 18.2. The molecule has 2 aromatic carbocycles. The molecule has 2 aromatic heterocycles. The van der Waals surface area contributed by atoms with E-state index in [1.165, 1.54) is 11.1 Å². The maximum atomic E-state index is 11.6. The van der Waals surface area contributed by atoms with Crippen LogP contribution in [0.1, 0.15) is 55.3 Å². The molecule has 0 spiro atoms. The van der Waals surface area contributed by atoms with Gasteiger partial charge in [0.1, 0.15) is 0 Å². The Kier molecular flexibility index (Phi) is 10.2. The van der Waals surface area contributed by atoms with E-state index in [0.29, 0.717) is 46.8 Å². The summed E-state index contributed by atoms with van der Waals surface area (Å²) in [4.78, 5) is 21.1. The molecule has 1 aliphatic carbocycles. The number of aryl methyl sites for hydroxylation is 1. The molecule has 1 aliphatic heterocycles. The lowest BCUT2D eigenvalue weighted by Gasteiger charge is -2.28. The van der Waals surface area contributed by atoms with Gasteiger partial charge in [0, 0.05) is 72.2 Å². The van der Waals surface area contributed by atoms with Crippen LogP contribution in [-0.2, 0) is 17.8 Å². The van der Waals surface area contributed by atoms with Crippen LogP contribution in [0.2, 0.25) is 10.0 Å². The summed E-state index contributed by atoms with van der Waals surface area (Å²) in [7, 11) is 1.59. The van der Waals surface area contributed by atoms with Gasteiger partial charge in [-0.2, -0.15) is 0 Å². The van der Waals surface area contributed by atoms with E-state index in [2.05, 4.69) is 34.1 Å². The lowest BCUT2D eigenvalue weighted by Crippen LogP contribution is -2.38. The van der Waals surface area contributed by atoms with Crippen molar-refractivity contribution in [2.75, 3.05) is 20.2 Å². The van der Waals surface area contributed by atoms with Gasteiger partial charge in [0.25, 0.3) is 0 Å². The van der Waals surface area contributed by atoms with Gasteiger partial charge in [-0.05, 0) is 61.9 Å². The summed E-state index contributed by atoms with van der Waals surface area (Å²) in [6.07, 6.45) is 5.99. The first-order valence-electron chi connectivity index (χ1n) is 15.8. The Balaban J connectivity index is 1.26. The number of aromatic nitrogens is 2. The van der Waals surface area contributed by atoms with E-state index in [-0.39, 0.29) is 18.0 Å². The molecular weight excluding hydrogens is 621 g/mol. The first kappa shape index (κ1) is 32.4. The molecule has 6 rings (SSSR count). The van der Waals surface area contributed by atoms with Gasteiger partial charge in [0.2, 0.25) is 11.8 Å². The molecule has 1 saturated heterocycles. The smallest absolute Gasteiger partial charge is 0.220 e. The highest BCUT2D eigenvalue weighted by Gasteiger charge is 2.25. The number of benzene rings is 2. The van der Waals surface area contributed by atoms with Gasteiger partial charge in [-0.25, -0.2) is 4.98 Å². The van der Waals surface area contributed by atoms with Crippen molar-refractivity contribution in [2.45, 2.75) is 63.8 Å². The second-order valence-corrected chi connectivity index (χ2v) is 12.9. The van der Waals surface area contributed by atoms with Gasteiger partial charge in [-0.3, -0.25) is 9.78 Å². The van der Waals surface area contributed by atoms with Gasteiger partial charge >= 0.3 is 0 Å². The number of amides is 1. The van der Waals surface area contributed by atoms with E-state index >= 15 is 0 Å². The standard InChI is InChI=1S/C36H39Cl2N5O3/c1-21(44)18-39-19-24-10-13-31(43-36(24)46-2)29-7-4-6-27(33(29)37)28-15-16-40-35(34(28)38)23-9-12-26-22(17-23)5-3-8-30(26)41-20-25-11-14-32(45)42-25/h4,6-7,9-10,12-13,15-17,21,25,30,39,41,44H,3,5,8,11,14,18-20H2,1-2H3,(H,42,45)/t21-,25+,30+/m0/s1. The van der Waals surface area contributed by atoms with Crippen LogP contribution in [0.3, 0.4) is 0 Å². The number of halogens is 2. The second-order valence-electron chi connectivity index (χ2n) is 12.1. The number of aliphatic hydroxyl groups is 1. The van der Waals surface area contributed by atoms with Gasteiger partial charge in [0.15, 0.2) is 0 Å². The summed E-state index contributed by atoms with van der Waals surface area (Å²) < 4.78 is 5.59. The number of carbonyl (C=O) groups is 1. The third-order valence-electron chi connectivity index (χ3n) is 8.77. The van der Waals surface area contributed by atoms with Crippen LogP contribution in [0.25, 0.3) is 33.6 Å². The quantitative estimate of drug-likeness (QED) is 0.145. The minimum Gasteiger partial charge on any atom is -0.481 e. The van der Waals surface area contributed by atoms with Crippen molar-refractivity contribution in [1.82, 2.24) is 25.9 Å². The molecule has 8 nitrogen and oxygen atoms in total. The third-order valence-corrected chi connectivity index (χ3v) is 9.56. The molecule has 2 aliphatic rings. The topological polar surface area (TPSA) is 108 Å². The summed E-state index contributed by atoms with van der Waals surface area (Å²) in [6.45, 7) is 3.50. The number of ether oxygens (including phenoxy) is 1. The Morgan fingerprint density at radius 3 is 2.65 bits per heavy atom. The highest BCUT2D eigenvalue weighted by molar-refractivity contribution is 6.39.